The second-order valence-electron chi connectivity index (χ2n) is 8.31. The average molecular weight is 472 g/mol. The van der Waals surface area contributed by atoms with Gasteiger partial charge in [-0.15, -0.1) is 0 Å². The van der Waals surface area contributed by atoms with Crippen molar-refractivity contribution in [3.8, 4) is 16.9 Å². The molecule has 1 amide bonds. The molecule has 0 fully saturated rings. The molecule has 0 bridgehead atoms. The number of nitrogens with one attached hydrogen (secondary N) is 1. The summed E-state index contributed by atoms with van der Waals surface area (Å²) in [7, 11) is 1.58. The van der Waals surface area contributed by atoms with Crippen LogP contribution in [0, 0.1) is 5.92 Å². The second kappa shape index (κ2) is 12.3. The normalized spacial score (nSPS) is 11.8. The first-order chi connectivity index (χ1) is 16.9. The first-order valence-electron chi connectivity index (χ1n) is 11.4. The molecule has 0 heterocycles. The fourth-order valence-corrected chi connectivity index (χ4v) is 3.38. The maximum Gasteiger partial charge on any atom is 0.329 e. The van der Waals surface area contributed by atoms with Crippen LogP contribution in [0.1, 0.15) is 29.8 Å². The summed E-state index contributed by atoms with van der Waals surface area (Å²) in [6.45, 7) is 3.19. The SMILES string of the molecule is COc1ccc(C=CC(=O)NC(C(=O)OCC(=O)c2ccc(-c3ccccc3)cc2)C(C)C)cc1. The van der Waals surface area contributed by atoms with E-state index in [2.05, 4.69) is 5.32 Å². The Labute approximate surface area is 205 Å². The molecule has 35 heavy (non-hydrogen) atoms. The fourth-order valence-electron chi connectivity index (χ4n) is 3.38. The fraction of sp³-hybridized carbons (Fsp3) is 0.207. The molecule has 0 spiro atoms. The van der Waals surface area contributed by atoms with Gasteiger partial charge in [-0.25, -0.2) is 4.79 Å². The van der Waals surface area contributed by atoms with Crippen molar-refractivity contribution in [2.75, 3.05) is 13.7 Å². The zero-order valence-electron chi connectivity index (χ0n) is 20.1. The average Bonchev–Trinajstić information content (AvgIpc) is 2.89. The third-order valence-electron chi connectivity index (χ3n) is 5.42. The summed E-state index contributed by atoms with van der Waals surface area (Å²) in [4.78, 5) is 37.5. The molecule has 0 saturated carbocycles. The van der Waals surface area contributed by atoms with Gasteiger partial charge in [0.05, 0.1) is 7.11 Å². The molecule has 3 aromatic carbocycles. The molecule has 1 atom stereocenters. The minimum Gasteiger partial charge on any atom is -0.497 e. The molecule has 1 unspecified atom stereocenters. The zero-order valence-corrected chi connectivity index (χ0v) is 20.1. The quantitative estimate of drug-likeness (QED) is 0.257. The van der Waals surface area contributed by atoms with Crippen molar-refractivity contribution < 1.29 is 23.9 Å². The number of carbonyl (C=O) groups is 3. The van der Waals surface area contributed by atoms with Gasteiger partial charge in [0, 0.05) is 11.6 Å². The molecule has 0 aliphatic rings. The van der Waals surface area contributed by atoms with Crippen molar-refractivity contribution in [3.63, 3.8) is 0 Å². The van der Waals surface area contributed by atoms with E-state index in [1.807, 2.05) is 54.6 Å². The maximum absolute atomic E-state index is 12.6. The second-order valence-corrected chi connectivity index (χ2v) is 8.31. The molecular weight excluding hydrogens is 442 g/mol. The smallest absolute Gasteiger partial charge is 0.329 e. The van der Waals surface area contributed by atoms with Gasteiger partial charge in [-0.1, -0.05) is 80.6 Å². The lowest BCUT2D eigenvalue weighted by Crippen LogP contribution is -2.45. The Morgan fingerprint density at radius 2 is 1.49 bits per heavy atom. The summed E-state index contributed by atoms with van der Waals surface area (Å²) < 4.78 is 10.4. The van der Waals surface area contributed by atoms with E-state index in [4.69, 9.17) is 9.47 Å². The van der Waals surface area contributed by atoms with E-state index in [1.54, 1.807) is 51.3 Å². The van der Waals surface area contributed by atoms with Gasteiger partial charge in [-0.05, 0) is 40.8 Å². The minimum atomic E-state index is -0.878. The molecule has 3 rings (SSSR count). The van der Waals surface area contributed by atoms with Gasteiger partial charge in [-0.3, -0.25) is 9.59 Å². The first-order valence-corrected chi connectivity index (χ1v) is 11.4. The summed E-state index contributed by atoms with van der Waals surface area (Å²) in [5, 5.41) is 2.66. The molecule has 1 N–H and O–H groups in total. The number of ketones is 1. The molecule has 0 saturated heterocycles. The monoisotopic (exact) mass is 471 g/mol. The number of hydrogen-bond donors (Lipinski definition) is 1. The van der Waals surface area contributed by atoms with Crippen LogP contribution in [-0.2, 0) is 14.3 Å². The van der Waals surface area contributed by atoms with Crippen LogP contribution in [0.15, 0.2) is 84.9 Å². The minimum absolute atomic E-state index is 0.221. The van der Waals surface area contributed by atoms with Gasteiger partial charge in [0.25, 0.3) is 0 Å². The summed E-state index contributed by atoms with van der Waals surface area (Å²) >= 11 is 0. The largest absolute Gasteiger partial charge is 0.497 e. The summed E-state index contributed by atoms with van der Waals surface area (Å²) in [6.07, 6.45) is 2.99. The van der Waals surface area contributed by atoms with Crippen molar-refractivity contribution in [2.45, 2.75) is 19.9 Å². The highest BCUT2D eigenvalue weighted by molar-refractivity contribution is 5.99. The molecular formula is C29H29NO5. The van der Waals surface area contributed by atoms with Gasteiger partial charge in [-0.2, -0.15) is 0 Å². The Kier molecular flexibility index (Phi) is 8.95. The zero-order chi connectivity index (χ0) is 25.2. The van der Waals surface area contributed by atoms with Crippen LogP contribution in [0.4, 0.5) is 0 Å². The van der Waals surface area contributed by atoms with E-state index in [0.717, 1.165) is 22.4 Å². The van der Waals surface area contributed by atoms with Crippen molar-refractivity contribution in [3.05, 3.63) is 96.1 Å². The summed E-state index contributed by atoms with van der Waals surface area (Å²) in [5.41, 5.74) is 3.30. The Balaban J connectivity index is 1.54. The van der Waals surface area contributed by atoms with Crippen LogP contribution >= 0.6 is 0 Å². The highest BCUT2D eigenvalue weighted by Crippen LogP contribution is 2.19. The van der Waals surface area contributed by atoms with Gasteiger partial charge >= 0.3 is 5.97 Å². The van der Waals surface area contributed by atoms with Gasteiger partial charge in [0.15, 0.2) is 12.4 Å². The Hall–Kier alpha value is -4.19. The van der Waals surface area contributed by atoms with E-state index in [1.165, 1.54) is 6.08 Å². The predicted octanol–water partition coefficient (Wildman–Crippen LogP) is 4.94. The molecule has 0 aliphatic heterocycles. The van der Waals surface area contributed by atoms with Crippen molar-refractivity contribution in [1.29, 1.82) is 0 Å². The highest BCUT2D eigenvalue weighted by Gasteiger charge is 2.25. The highest BCUT2D eigenvalue weighted by atomic mass is 16.5. The number of esters is 1. The van der Waals surface area contributed by atoms with Gasteiger partial charge < -0.3 is 14.8 Å². The van der Waals surface area contributed by atoms with Crippen molar-refractivity contribution in [1.82, 2.24) is 5.32 Å². The van der Waals surface area contributed by atoms with E-state index in [-0.39, 0.29) is 11.7 Å². The molecule has 6 nitrogen and oxygen atoms in total. The molecule has 0 radical (unpaired) electrons. The lowest BCUT2D eigenvalue weighted by atomic mass is 10.0. The van der Waals surface area contributed by atoms with Crippen LogP contribution < -0.4 is 10.1 Å². The van der Waals surface area contributed by atoms with E-state index in [9.17, 15) is 14.4 Å². The first kappa shape index (κ1) is 25.4. The Bertz CT molecular complexity index is 1170. The summed E-state index contributed by atoms with van der Waals surface area (Å²) in [6, 6.07) is 23.3. The number of benzene rings is 3. The van der Waals surface area contributed by atoms with E-state index < -0.39 is 24.5 Å². The number of methoxy groups -OCH3 is 1. The van der Waals surface area contributed by atoms with E-state index in [0.29, 0.717) is 5.56 Å². The van der Waals surface area contributed by atoms with Gasteiger partial charge in [0.1, 0.15) is 11.8 Å². The number of ether oxygens (including phenoxy) is 2. The van der Waals surface area contributed by atoms with Crippen LogP contribution in [0.3, 0.4) is 0 Å². The maximum atomic E-state index is 12.6. The lowest BCUT2D eigenvalue weighted by Gasteiger charge is -2.20. The topological polar surface area (TPSA) is 81.7 Å². The van der Waals surface area contributed by atoms with Crippen molar-refractivity contribution in [2.24, 2.45) is 5.92 Å². The van der Waals surface area contributed by atoms with Crippen LogP contribution in [0.5, 0.6) is 5.75 Å². The van der Waals surface area contributed by atoms with Crippen molar-refractivity contribution >= 4 is 23.7 Å². The molecule has 3 aromatic rings. The molecule has 0 aliphatic carbocycles. The predicted molar refractivity (Wildman–Crippen MR) is 136 cm³/mol. The van der Waals surface area contributed by atoms with Crippen LogP contribution in [-0.4, -0.2) is 37.4 Å². The Morgan fingerprint density at radius 3 is 2.09 bits per heavy atom. The summed E-state index contributed by atoms with van der Waals surface area (Å²) in [5.74, 6) is -0.900. The molecule has 6 heteroatoms. The molecule has 0 aromatic heterocycles. The number of rotatable bonds is 10. The van der Waals surface area contributed by atoms with Gasteiger partial charge in [0.2, 0.25) is 5.91 Å². The number of Topliss-reactive ketones (excluding diaryl/α,β-unsaturated/α-hetero) is 1. The number of hydrogen-bond acceptors (Lipinski definition) is 5. The third-order valence-corrected chi connectivity index (χ3v) is 5.42. The molecule has 180 valence electrons. The number of amides is 1. The van der Waals surface area contributed by atoms with Crippen LogP contribution in [0.25, 0.3) is 17.2 Å². The standard InChI is InChI=1S/C29H29NO5/c1-20(2)28(30-27(32)18-11-21-9-16-25(34-3)17-10-21)29(33)35-19-26(31)24-14-12-23(13-15-24)22-7-5-4-6-8-22/h4-18,20,28H,19H2,1-3H3,(H,30,32). The third kappa shape index (κ3) is 7.40. The van der Waals surface area contributed by atoms with Crippen LogP contribution in [0.2, 0.25) is 0 Å². The number of carbonyl (C=O) groups excluding carboxylic acids is 3. The lowest BCUT2D eigenvalue weighted by molar-refractivity contribution is -0.147. The Morgan fingerprint density at radius 1 is 0.857 bits per heavy atom. The van der Waals surface area contributed by atoms with E-state index >= 15 is 0 Å².